The highest BCUT2D eigenvalue weighted by molar-refractivity contribution is 5.90. The number of hydrogen-bond donors (Lipinski definition) is 1. The molecule has 1 unspecified atom stereocenters. The van der Waals surface area contributed by atoms with Crippen LogP contribution in [0, 0.1) is 5.92 Å². The second kappa shape index (κ2) is 16.4. The molecule has 28 heavy (non-hydrogen) atoms. The molecule has 0 heterocycles. The lowest BCUT2D eigenvalue weighted by Gasteiger charge is -2.17. The molecule has 1 atom stereocenters. The van der Waals surface area contributed by atoms with Crippen LogP contribution in [0.1, 0.15) is 114 Å². The third-order valence-corrected chi connectivity index (χ3v) is 5.56. The number of hydrogen-bond acceptors (Lipinski definition) is 2. The fraction of sp³-hybridized carbons (Fsp3) is 0.720. The predicted molar refractivity (Wildman–Crippen MR) is 118 cm³/mol. The van der Waals surface area contributed by atoms with Crippen molar-refractivity contribution < 1.29 is 14.6 Å². The molecular formula is C25H42O3. The van der Waals surface area contributed by atoms with Crippen LogP contribution in [0.4, 0.5) is 0 Å². The first-order valence-corrected chi connectivity index (χ1v) is 11.6. The first-order chi connectivity index (χ1) is 13.7. The zero-order valence-corrected chi connectivity index (χ0v) is 18.3. The molecule has 0 aliphatic rings. The Morgan fingerprint density at radius 1 is 0.821 bits per heavy atom. The lowest BCUT2D eigenvalue weighted by atomic mass is 9.90. The summed E-state index contributed by atoms with van der Waals surface area (Å²) < 4.78 is 5.73. The average molecular weight is 391 g/mol. The maximum Gasteiger partial charge on any atom is 0.339 e. The van der Waals surface area contributed by atoms with E-state index in [0.717, 1.165) is 12.3 Å². The SMILES string of the molecule is CCCCCCCCC(CCCCC)CCCCOc1ccccc1C(=O)O. The van der Waals surface area contributed by atoms with Crippen molar-refractivity contribution >= 4 is 5.97 Å². The van der Waals surface area contributed by atoms with Crippen LogP contribution >= 0.6 is 0 Å². The van der Waals surface area contributed by atoms with Gasteiger partial charge in [-0.15, -0.1) is 0 Å². The van der Waals surface area contributed by atoms with Gasteiger partial charge in [-0.05, 0) is 30.9 Å². The van der Waals surface area contributed by atoms with Gasteiger partial charge in [-0.25, -0.2) is 4.79 Å². The Morgan fingerprint density at radius 2 is 1.36 bits per heavy atom. The molecule has 0 aliphatic heterocycles. The largest absolute Gasteiger partial charge is 0.493 e. The van der Waals surface area contributed by atoms with E-state index in [1.165, 1.54) is 83.5 Å². The Kier molecular flexibility index (Phi) is 14.4. The quantitative estimate of drug-likeness (QED) is 0.259. The minimum Gasteiger partial charge on any atom is -0.493 e. The highest BCUT2D eigenvalue weighted by atomic mass is 16.5. The molecular weight excluding hydrogens is 348 g/mol. The molecule has 0 fully saturated rings. The molecule has 0 aromatic heterocycles. The Hall–Kier alpha value is -1.51. The summed E-state index contributed by atoms with van der Waals surface area (Å²) in [7, 11) is 0. The number of aromatic carboxylic acids is 1. The van der Waals surface area contributed by atoms with E-state index in [4.69, 9.17) is 4.74 Å². The maximum atomic E-state index is 11.2. The van der Waals surface area contributed by atoms with Crippen LogP contribution in [0.2, 0.25) is 0 Å². The van der Waals surface area contributed by atoms with E-state index in [-0.39, 0.29) is 5.56 Å². The number of benzene rings is 1. The monoisotopic (exact) mass is 390 g/mol. The Balaban J connectivity index is 2.26. The molecule has 1 aromatic carbocycles. The molecule has 1 rings (SSSR count). The van der Waals surface area contributed by atoms with Gasteiger partial charge in [0.05, 0.1) is 6.61 Å². The van der Waals surface area contributed by atoms with Crippen molar-refractivity contribution in [2.45, 2.75) is 104 Å². The molecule has 0 spiro atoms. The minimum absolute atomic E-state index is 0.253. The highest BCUT2D eigenvalue weighted by Gasteiger charge is 2.11. The molecule has 0 amide bonds. The van der Waals surface area contributed by atoms with E-state index in [9.17, 15) is 9.90 Å². The molecule has 0 bridgehead atoms. The molecule has 0 radical (unpaired) electrons. The van der Waals surface area contributed by atoms with Crippen LogP contribution < -0.4 is 4.74 Å². The Labute approximate surface area is 172 Å². The number of rotatable bonds is 18. The smallest absolute Gasteiger partial charge is 0.339 e. The molecule has 3 nitrogen and oxygen atoms in total. The first kappa shape index (κ1) is 24.5. The van der Waals surface area contributed by atoms with Gasteiger partial charge in [0.1, 0.15) is 11.3 Å². The normalized spacial score (nSPS) is 12.1. The summed E-state index contributed by atoms with van der Waals surface area (Å²) >= 11 is 0. The summed E-state index contributed by atoms with van der Waals surface area (Å²) in [6.07, 6.45) is 18.4. The van der Waals surface area contributed by atoms with Crippen LogP contribution in [0.3, 0.4) is 0 Å². The van der Waals surface area contributed by atoms with Crippen molar-refractivity contribution in [1.82, 2.24) is 0 Å². The number of carboxylic acids is 1. The molecule has 0 saturated carbocycles. The fourth-order valence-electron chi connectivity index (χ4n) is 3.82. The molecule has 0 aliphatic carbocycles. The van der Waals surface area contributed by atoms with Gasteiger partial charge in [0.15, 0.2) is 0 Å². The summed E-state index contributed by atoms with van der Waals surface area (Å²) in [5, 5.41) is 9.21. The van der Waals surface area contributed by atoms with Crippen molar-refractivity contribution in [1.29, 1.82) is 0 Å². The number of para-hydroxylation sites is 1. The average Bonchev–Trinajstić information content (AvgIpc) is 2.70. The van der Waals surface area contributed by atoms with Crippen LogP contribution in [-0.2, 0) is 0 Å². The summed E-state index contributed by atoms with van der Waals surface area (Å²) in [5.74, 6) is 0.413. The third kappa shape index (κ3) is 11.4. The van der Waals surface area contributed by atoms with Crippen LogP contribution in [0.15, 0.2) is 24.3 Å². The molecule has 160 valence electrons. The summed E-state index contributed by atoms with van der Waals surface area (Å²) in [6.45, 7) is 5.14. The Morgan fingerprint density at radius 3 is 2.04 bits per heavy atom. The van der Waals surface area contributed by atoms with Gasteiger partial charge in [0.2, 0.25) is 0 Å². The number of unbranched alkanes of at least 4 members (excludes halogenated alkanes) is 8. The van der Waals surface area contributed by atoms with Crippen molar-refractivity contribution in [3.05, 3.63) is 29.8 Å². The van der Waals surface area contributed by atoms with Gasteiger partial charge in [-0.3, -0.25) is 0 Å². The maximum absolute atomic E-state index is 11.2. The van der Waals surface area contributed by atoms with Crippen molar-refractivity contribution in [2.24, 2.45) is 5.92 Å². The molecule has 0 saturated heterocycles. The summed E-state index contributed by atoms with van der Waals surface area (Å²) in [4.78, 5) is 11.2. The van der Waals surface area contributed by atoms with Gasteiger partial charge in [0, 0.05) is 0 Å². The predicted octanol–water partition coefficient (Wildman–Crippen LogP) is 7.88. The van der Waals surface area contributed by atoms with Crippen molar-refractivity contribution in [3.63, 3.8) is 0 Å². The second-order valence-corrected chi connectivity index (χ2v) is 8.06. The van der Waals surface area contributed by atoms with Crippen molar-refractivity contribution in [2.75, 3.05) is 6.61 Å². The lowest BCUT2D eigenvalue weighted by molar-refractivity contribution is 0.0692. The van der Waals surface area contributed by atoms with E-state index in [1.54, 1.807) is 18.2 Å². The third-order valence-electron chi connectivity index (χ3n) is 5.56. The highest BCUT2D eigenvalue weighted by Crippen LogP contribution is 2.24. The van der Waals surface area contributed by atoms with Gasteiger partial charge >= 0.3 is 5.97 Å². The minimum atomic E-state index is -0.925. The Bertz CT molecular complexity index is 512. The second-order valence-electron chi connectivity index (χ2n) is 8.06. The molecule has 1 aromatic rings. The van der Waals surface area contributed by atoms with Gasteiger partial charge in [-0.1, -0.05) is 103 Å². The molecule has 1 N–H and O–H groups in total. The summed E-state index contributed by atoms with van der Waals surface area (Å²) in [6, 6.07) is 6.91. The van der Waals surface area contributed by atoms with Crippen molar-refractivity contribution in [3.8, 4) is 5.75 Å². The number of carboxylic acid groups (broad SMARTS) is 1. The van der Waals surface area contributed by atoms with E-state index < -0.39 is 5.97 Å². The van der Waals surface area contributed by atoms with Crippen LogP contribution in [-0.4, -0.2) is 17.7 Å². The van der Waals surface area contributed by atoms with E-state index in [0.29, 0.717) is 12.4 Å². The summed E-state index contributed by atoms with van der Waals surface area (Å²) in [5.41, 5.74) is 0.253. The number of carbonyl (C=O) groups is 1. The topological polar surface area (TPSA) is 46.5 Å². The zero-order chi connectivity index (χ0) is 20.5. The lowest BCUT2D eigenvalue weighted by Crippen LogP contribution is -2.06. The van der Waals surface area contributed by atoms with E-state index >= 15 is 0 Å². The fourth-order valence-corrected chi connectivity index (χ4v) is 3.82. The standard InChI is InChI=1S/C25H42O3/c1-3-5-7-8-9-11-17-22(16-10-6-4-2)18-14-15-21-28-24-20-13-12-19-23(24)25(26)27/h12-13,19-20,22H,3-11,14-18,21H2,1-2H3,(H,26,27). The number of ether oxygens (including phenoxy) is 1. The first-order valence-electron chi connectivity index (χ1n) is 11.6. The van der Waals surface area contributed by atoms with Gasteiger partial charge < -0.3 is 9.84 Å². The zero-order valence-electron chi connectivity index (χ0n) is 18.3. The molecule has 3 heteroatoms. The van der Waals surface area contributed by atoms with Crippen LogP contribution in [0.25, 0.3) is 0 Å². The van der Waals surface area contributed by atoms with E-state index in [1.807, 2.05) is 6.07 Å². The van der Waals surface area contributed by atoms with Gasteiger partial charge in [0.25, 0.3) is 0 Å². The van der Waals surface area contributed by atoms with Crippen LogP contribution in [0.5, 0.6) is 5.75 Å². The van der Waals surface area contributed by atoms with Gasteiger partial charge in [-0.2, -0.15) is 0 Å². The van der Waals surface area contributed by atoms with E-state index in [2.05, 4.69) is 13.8 Å².